The van der Waals surface area contributed by atoms with Crippen LogP contribution in [0.25, 0.3) is 0 Å². The summed E-state index contributed by atoms with van der Waals surface area (Å²) in [7, 11) is -10.3. The fourth-order valence-electron chi connectivity index (χ4n) is 0.868. The van der Waals surface area contributed by atoms with E-state index in [4.69, 9.17) is 5.02 Å². The van der Waals surface area contributed by atoms with Gasteiger partial charge < -0.3 is 9.68 Å². The van der Waals surface area contributed by atoms with Gasteiger partial charge in [-0.2, -0.15) is 0 Å². The molecule has 2 nitrogen and oxygen atoms in total. The van der Waals surface area contributed by atoms with E-state index in [1.165, 1.54) is 0 Å². The molecule has 0 aliphatic carbocycles. The molecule has 0 bridgehead atoms. The lowest BCUT2D eigenvalue weighted by Gasteiger charge is -2.40. The average molecular weight is 248 g/mol. The fourth-order valence-corrected chi connectivity index (χ4v) is 1.52. The summed E-state index contributed by atoms with van der Waals surface area (Å²) in [6.45, 7) is 0. The van der Waals surface area contributed by atoms with Crippen LogP contribution in [0.5, 0.6) is 5.75 Å². The molecule has 0 saturated heterocycles. The lowest BCUT2D eigenvalue weighted by molar-refractivity contribution is 0.364. The predicted molar refractivity (Wildman–Crippen MR) is 47.8 cm³/mol. The molecular formula is C6H6BF5O2S. The minimum atomic E-state index is -9.60. The molecule has 0 amide bonds. The number of hydrogen-bond acceptors (Lipinski definition) is 2. The molecule has 0 unspecified atom stereocenters. The molecule has 1 aromatic carbocycles. The maximum atomic E-state index is 12.2. The molecular weight excluding hydrogens is 242 g/mol. The Morgan fingerprint density at radius 3 is 1.80 bits per heavy atom. The molecule has 0 heterocycles. The minimum absolute atomic E-state index is 0.122. The highest BCUT2D eigenvalue weighted by molar-refractivity contribution is 8.45. The van der Waals surface area contributed by atoms with Crippen molar-refractivity contribution in [3.05, 3.63) is 24.3 Å². The van der Waals surface area contributed by atoms with Gasteiger partial charge in [-0.3, -0.25) is 0 Å². The van der Waals surface area contributed by atoms with E-state index in [0.29, 0.717) is 12.1 Å². The van der Waals surface area contributed by atoms with Gasteiger partial charge in [0.25, 0.3) is 0 Å². The van der Waals surface area contributed by atoms with Crippen molar-refractivity contribution in [2.45, 2.75) is 4.90 Å². The van der Waals surface area contributed by atoms with Crippen molar-refractivity contribution in [3.63, 3.8) is 0 Å². The molecule has 0 aromatic heterocycles. The zero-order chi connectivity index (χ0) is 11.8. The van der Waals surface area contributed by atoms with E-state index in [-0.39, 0.29) is 17.9 Å². The number of halogens is 5. The van der Waals surface area contributed by atoms with Gasteiger partial charge in [-0.1, -0.05) is 19.4 Å². The first-order valence-electron chi connectivity index (χ1n) is 3.61. The minimum Gasteiger partial charge on any atom is -0.539 e. The van der Waals surface area contributed by atoms with Crippen molar-refractivity contribution in [2.75, 3.05) is 0 Å². The van der Waals surface area contributed by atoms with E-state index in [9.17, 15) is 19.4 Å². The molecule has 1 rings (SSSR count). The number of benzene rings is 1. The molecule has 0 radical (unpaired) electrons. The summed E-state index contributed by atoms with van der Waals surface area (Å²) in [5.41, 5.74) is 0. The van der Waals surface area contributed by atoms with E-state index < -0.39 is 22.8 Å². The Kier molecular flexibility index (Phi) is 2.25. The van der Waals surface area contributed by atoms with Gasteiger partial charge in [0.1, 0.15) is 10.6 Å². The first kappa shape index (κ1) is 12.1. The van der Waals surface area contributed by atoms with E-state index in [1.807, 2.05) is 0 Å². The van der Waals surface area contributed by atoms with Gasteiger partial charge >= 0.3 is 17.9 Å². The van der Waals surface area contributed by atoms with Crippen LogP contribution in [0.1, 0.15) is 0 Å². The van der Waals surface area contributed by atoms with Gasteiger partial charge in [0.05, 0.1) is 0 Å². The second-order valence-corrected chi connectivity index (χ2v) is 5.12. The smallest absolute Gasteiger partial charge is 0.504 e. The molecule has 0 aliphatic rings. The highest BCUT2D eigenvalue weighted by Gasteiger charge is 2.65. The largest absolute Gasteiger partial charge is 0.539 e. The Morgan fingerprint density at radius 2 is 1.47 bits per heavy atom. The molecule has 9 heteroatoms. The van der Waals surface area contributed by atoms with E-state index >= 15 is 0 Å². The second-order valence-electron chi connectivity index (χ2n) is 2.71. The highest BCUT2D eigenvalue weighted by Crippen LogP contribution is 3.02. The van der Waals surface area contributed by atoms with Crippen LogP contribution in [-0.4, -0.2) is 12.7 Å². The van der Waals surface area contributed by atoms with Crippen molar-refractivity contribution in [1.29, 1.82) is 0 Å². The summed E-state index contributed by atoms with van der Waals surface area (Å²) in [6.07, 6.45) is 0. The van der Waals surface area contributed by atoms with Gasteiger partial charge in [-0.25, -0.2) is 0 Å². The predicted octanol–water partition coefficient (Wildman–Crippen LogP) is 2.98. The van der Waals surface area contributed by atoms with Gasteiger partial charge in [-0.15, -0.1) is 0 Å². The maximum Gasteiger partial charge on any atom is 0.504 e. The van der Waals surface area contributed by atoms with E-state index in [1.54, 1.807) is 0 Å². The van der Waals surface area contributed by atoms with Gasteiger partial charge in [-0.05, 0) is 24.3 Å². The first-order chi connectivity index (χ1) is 6.53. The Balaban J connectivity index is 3.11. The standard InChI is InChI=1S/C6H6BF5O2S/c8-15(9,10,11,12)6-3-1-5(2-4-6)14-7-13/h1-4,7,13H. The van der Waals surface area contributed by atoms with Crippen LogP contribution in [0, 0.1) is 0 Å². The SMILES string of the molecule is OBOc1ccc(S(F)(F)(F)(F)F)cc1. The van der Waals surface area contributed by atoms with Crippen LogP contribution in [-0.2, 0) is 0 Å². The molecule has 86 valence electrons. The summed E-state index contributed by atoms with van der Waals surface area (Å²) in [5.74, 6) is -0.122. The van der Waals surface area contributed by atoms with Gasteiger partial charge in [0.2, 0.25) is 0 Å². The molecule has 0 fully saturated rings. The number of rotatable bonds is 3. The normalized spacial score (nSPS) is 16.4. The summed E-state index contributed by atoms with van der Waals surface area (Å²) < 4.78 is 65.3. The van der Waals surface area contributed by atoms with Crippen LogP contribution < -0.4 is 4.65 Å². The molecule has 0 spiro atoms. The Morgan fingerprint density at radius 1 is 1.00 bits per heavy atom. The third kappa shape index (κ3) is 3.27. The topological polar surface area (TPSA) is 29.5 Å². The third-order valence-corrected chi connectivity index (χ3v) is 2.66. The molecule has 15 heavy (non-hydrogen) atoms. The summed E-state index contributed by atoms with van der Waals surface area (Å²) in [6, 6.07) is 1.85. The van der Waals surface area contributed by atoms with Crippen LogP contribution >= 0.6 is 10.2 Å². The highest BCUT2D eigenvalue weighted by atomic mass is 32.5. The Bertz CT molecular complexity index is 360. The average Bonchev–Trinajstić information content (AvgIpc) is 2.01. The van der Waals surface area contributed by atoms with E-state index in [2.05, 4.69) is 4.65 Å². The van der Waals surface area contributed by atoms with Crippen LogP contribution in [0.4, 0.5) is 19.4 Å². The summed E-state index contributed by atoms with van der Waals surface area (Å²) >= 11 is 0. The van der Waals surface area contributed by atoms with Crippen LogP contribution in [0.3, 0.4) is 0 Å². The van der Waals surface area contributed by atoms with Crippen molar-refractivity contribution in [3.8, 4) is 5.75 Å². The first-order valence-corrected chi connectivity index (χ1v) is 5.56. The summed E-state index contributed by atoms with van der Waals surface area (Å²) in [4.78, 5) is -1.99. The lowest BCUT2D eigenvalue weighted by Crippen LogP contribution is -2.06. The van der Waals surface area contributed by atoms with Gasteiger partial charge in [0.15, 0.2) is 0 Å². The van der Waals surface area contributed by atoms with Crippen molar-refractivity contribution >= 4 is 17.9 Å². The van der Waals surface area contributed by atoms with E-state index in [0.717, 1.165) is 0 Å². The summed E-state index contributed by atoms with van der Waals surface area (Å²) in [5, 5.41) is 8.27. The maximum absolute atomic E-state index is 12.2. The fraction of sp³-hybridized carbons (Fsp3) is 0. The molecule has 0 aliphatic heterocycles. The number of hydrogen-bond donors (Lipinski definition) is 1. The van der Waals surface area contributed by atoms with Crippen LogP contribution in [0.15, 0.2) is 29.2 Å². The molecule has 1 N–H and O–H groups in total. The zero-order valence-corrected chi connectivity index (χ0v) is 7.99. The third-order valence-electron chi connectivity index (χ3n) is 1.50. The molecule has 1 aromatic rings. The quantitative estimate of drug-likeness (QED) is 0.658. The van der Waals surface area contributed by atoms with Crippen molar-refractivity contribution in [1.82, 2.24) is 0 Å². The Labute approximate surface area is 82.7 Å². The lowest BCUT2D eigenvalue weighted by atomic mass is 10.3. The van der Waals surface area contributed by atoms with Crippen molar-refractivity contribution < 1.29 is 29.1 Å². The van der Waals surface area contributed by atoms with Gasteiger partial charge in [0, 0.05) is 0 Å². The van der Waals surface area contributed by atoms with Crippen molar-refractivity contribution in [2.24, 2.45) is 0 Å². The molecule has 0 saturated carbocycles. The molecule has 0 atom stereocenters. The monoisotopic (exact) mass is 248 g/mol. The Hall–Kier alpha value is -0.955. The zero-order valence-electron chi connectivity index (χ0n) is 7.17. The van der Waals surface area contributed by atoms with Crippen LogP contribution in [0.2, 0.25) is 0 Å². The second kappa shape index (κ2) is 2.79.